The third-order valence-corrected chi connectivity index (χ3v) is 6.83. The van der Waals surface area contributed by atoms with Crippen molar-refractivity contribution in [3.63, 3.8) is 0 Å². The molecule has 0 aliphatic carbocycles. The van der Waals surface area contributed by atoms with Gasteiger partial charge in [-0.25, -0.2) is 4.79 Å². The fourth-order valence-electron chi connectivity index (χ4n) is 5.03. The Labute approximate surface area is 218 Å². The maximum Gasteiger partial charge on any atom is 0.330 e. The van der Waals surface area contributed by atoms with E-state index in [4.69, 9.17) is 15.0 Å². The smallest absolute Gasteiger partial charge is 0.330 e. The molecule has 192 valence electrons. The number of aromatic nitrogens is 2. The number of nitrogens with one attached hydrogen (secondary N) is 1. The predicted molar refractivity (Wildman–Crippen MR) is 143 cm³/mol. The summed E-state index contributed by atoms with van der Waals surface area (Å²) in [6.45, 7) is 1.64. The van der Waals surface area contributed by atoms with Crippen LogP contribution in [0.5, 0.6) is 0 Å². The highest BCUT2D eigenvalue weighted by Gasteiger charge is 2.46. The van der Waals surface area contributed by atoms with E-state index < -0.39 is 35.3 Å². The monoisotopic (exact) mass is 509 g/mol. The van der Waals surface area contributed by atoms with Crippen molar-refractivity contribution >= 4 is 0 Å². The molecule has 1 saturated heterocycles. The Hall–Kier alpha value is -4.43. The topological polar surface area (TPSA) is 122 Å². The molecule has 2 heterocycles. The summed E-state index contributed by atoms with van der Waals surface area (Å²) in [6.07, 6.45) is -0.138. The van der Waals surface area contributed by atoms with E-state index in [9.17, 15) is 9.59 Å². The summed E-state index contributed by atoms with van der Waals surface area (Å²) < 4.78 is 14.7. The highest BCUT2D eigenvalue weighted by molar-refractivity contribution is 5.47. The lowest BCUT2D eigenvalue weighted by Gasteiger charge is -2.39. The molecular weight excluding hydrogens is 482 g/mol. The molecule has 3 atom stereocenters. The molecule has 38 heavy (non-hydrogen) atoms. The molecule has 1 aromatic heterocycles. The Balaban J connectivity index is 1.64. The number of hydrogen-bond acceptors (Lipinski definition) is 5. The summed E-state index contributed by atoms with van der Waals surface area (Å²) >= 11 is 0. The molecule has 0 bridgehead atoms. The van der Waals surface area contributed by atoms with E-state index >= 15 is 0 Å². The minimum atomic E-state index is -1.02. The first kappa shape index (κ1) is 25.2. The first-order valence-corrected chi connectivity index (χ1v) is 12.4. The lowest BCUT2D eigenvalue weighted by molar-refractivity contribution is -0.0822. The second kappa shape index (κ2) is 10.9. The number of ether oxygens (including phenoxy) is 2. The van der Waals surface area contributed by atoms with Gasteiger partial charge in [0, 0.05) is 23.1 Å². The number of nitrogens with zero attached hydrogens (tertiary/aromatic N) is 4. The fourth-order valence-corrected chi connectivity index (χ4v) is 5.03. The lowest BCUT2D eigenvalue weighted by Crippen LogP contribution is -2.40. The van der Waals surface area contributed by atoms with E-state index in [1.165, 1.54) is 10.8 Å². The van der Waals surface area contributed by atoms with Crippen LogP contribution in [-0.4, -0.2) is 28.3 Å². The van der Waals surface area contributed by atoms with Crippen LogP contribution < -0.4 is 11.2 Å². The number of azide groups is 1. The second-order valence-corrected chi connectivity index (χ2v) is 9.19. The molecule has 3 aromatic carbocycles. The van der Waals surface area contributed by atoms with Crippen molar-refractivity contribution in [3.05, 3.63) is 151 Å². The number of benzene rings is 3. The third-order valence-electron chi connectivity index (χ3n) is 6.83. The van der Waals surface area contributed by atoms with Crippen LogP contribution in [0.2, 0.25) is 0 Å². The van der Waals surface area contributed by atoms with Gasteiger partial charge in [0.15, 0.2) is 0 Å². The number of rotatable bonds is 8. The fraction of sp³-hybridized carbons (Fsp3) is 0.241. The normalized spacial score (nSPS) is 19.1. The van der Waals surface area contributed by atoms with E-state index in [0.717, 1.165) is 16.7 Å². The van der Waals surface area contributed by atoms with E-state index in [1.807, 2.05) is 91.0 Å². The number of aromatic amines is 1. The summed E-state index contributed by atoms with van der Waals surface area (Å²) in [6, 6.07) is 29.8. The van der Waals surface area contributed by atoms with Gasteiger partial charge in [-0.05, 0) is 29.1 Å². The van der Waals surface area contributed by atoms with E-state index in [-0.39, 0.29) is 6.54 Å². The molecule has 9 nitrogen and oxygen atoms in total. The van der Waals surface area contributed by atoms with Crippen molar-refractivity contribution in [2.75, 3.05) is 6.54 Å². The molecule has 9 heteroatoms. The van der Waals surface area contributed by atoms with Crippen LogP contribution >= 0.6 is 0 Å². The Morgan fingerprint density at radius 2 is 1.50 bits per heavy atom. The van der Waals surface area contributed by atoms with Crippen molar-refractivity contribution in [1.29, 1.82) is 0 Å². The van der Waals surface area contributed by atoms with Crippen LogP contribution in [0.3, 0.4) is 0 Å². The molecular formula is C29H27N5O4. The van der Waals surface area contributed by atoms with Gasteiger partial charge in [-0.3, -0.25) is 14.3 Å². The van der Waals surface area contributed by atoms with Gasteiger partial charge in [-0.15, -0.1) is 0 Å². The van der Waals surface area contributed by atoms with Gasteiger partial charge in [0.05, 0.1) is 18.8 Å². The maximum absolute atomic E-state index is 12.7. The average molecular weight is 510 g/mol. The van der Waals surface area contributed by atoms with Crippen molar-refractivity contribution in [2.24, 2.45) is 5.11 Å². The predicted octanol–water partition coefficient (Wildman–Crippen LogP) is 4.82. The second-order valence-electron chi connectivity index (χ2n) is 9.19. The quantitative estimate of drug-likeness (QED) is 0.158. The summed E-state index contributed by atoms with van der Waals surface area (Å²) in [5, 5.41) is 3.76. The molecule has 1 N–H and O–H groups in total. The molecule has 0 amide bonds. The van der Waals surface area contributed by atoms with Crippen LogP contribution in [0.4, 0.5) is 0 Å². The molecule has 4 aromatic rings. The van der Waals surface area contributed by atoms with Crippen LogP contribution in [-0.2, 0) is 15.1 Å². The molecule has 1 fully saturated rings. The minimum Gasteiger partial charge on any atom is -0.355 e. The van der Waals surface area contributed by atoms with Crippen molar-refractivity contribution < 1.29 is 9.47 Å². The Bertz CT molecular complexity index is 1450. The Morgan fingerprint density at radius 3 is 2.00 bits per heavy atom. The first-order valence-electron chi connectivity index (χ1n) is 12.4. The number of aryl methyl sites for hydroxylation is 1. The number of hydrogen-bond donors (Lipinski definition) is 1. The summed E-state index contributed by atoms with van der Waals surface area (Å²) in [5.74, 6) is 0. The number of H-pyrrole nitrogens is 1. The molecule has 1 aliphatic rings. The zero-order valence-corrected chi connectivity index (χ0v) is 20.8. The van der Waals surface area contributed by atoms with Gasteiger partial charge in [0.1, 0.15) is 11.8 Å². The van der Waals surface area contributed by atoms with Gasteiger partial charge in [0.2, 0.25) is 0 Å². The maximum atomic E-state index is 12.7. The molecule has 0 radical (unpaired) electrons. The van der Waals surface area contributed by atoms with E-state index in [2.05, 4.69) is 15.0 Å². The van der Waals surface area contributed by atoms with Gasteiger partial charge < -0.3 is 9.47 Å². The zero-order valence-electron chi connectivity index (χ0n) is 20.8. The van der Waals surface area contributed by atoms with Gasteiger partial charge >= 0.3 is 5.69 Å². The van der Waals surface area contributed by atoms with Crippen LogP contribution in [0.25, 0.3) is 10.4 Å². The molecule has 5 rings (SSSR count). The largest absolute Gasteiger partial charge is 0.355 e. The third kappa shape index (κ3) is 4.78. The Morgan fingerprint density at radius 1 is 0.974 bits per heavy atom. The van der Waals surface area contributed by atoms with Crippen molar-refractivity contribution in [2.45, 2.75) is 37.4 Å². The van der Waals surface area contributed by atoms with Crippen LogP contribution in [0.15, 0.2) is 112 Å². The highest BCUT2D eigenvalue weighted by atomic mass is 16.6. The summed E-state index contributed by atoms with van der Waals surface area (Å²) in [7, 11) is 0. The average Bonchev–Trinajstić information content (AvgIpc) is 3.36. The Kier molecular flexibility index (Phi) is 7.24. The van der Waals surface area contributed by atoms with E-state index in [0.29, 0.717) is 12.0 Å². The molecule has 1 unspecified atom stereocenters. The first-order chi connectivity index (χ1) is 18.5. The molecule has 0 spiro atoms. The lowest BCUT2D eigenvalue weighted by atomic mass is 9.79. The summed E-state index contributed by atoms with van der Waals surface area (Å²) in [4.78, 5) is 29.9. The van der Waals surface area contributed by atoms with E-state index in [1.54, 1.807) is 6.92 Å². The standard InChI is InChI=1S/C29H27N5O4/c1-20-19-34(28(36)32-27(20)35)26-17-24(25(37-26)18-31-33-30)38-29(21-11-5-2-6-12-21,22-13-7-3-8-14-22)23-15-9-4-10-16-23/h2-16,19,24-26H,17-18H2,1H3,(H,32,35,36)/t24?,25-,26-/m1/s1. The SMILES string of the molecule is Cc1cn([C@H]2CC(OC(c3ccccc3)(c3ccccc3)c3ccccc3)[C@@H](CN=[N+]=[N-])O2)c(=O)[nH]c1=O. The summed E-state index contributed by atoms with van der Waals surface area (Å²) in [5.41, 5.74) is 10.1. The highest BCUT2D eigenvalue weighted by Crippen LogP contribution is 2.44. The van der Waals surface area contributed by atoms with Crippen LogP contribution in [0.1, 0.15) is 34.9 Å². The van der Waals surface area contributed by atoms with Crippen molar-refractivity contribution in [1.82, 2.24) is 9.55 Å². The zero-order chi connectivity index (χ0) is 26.5. The van der Waals surface area contributed by atoms with Crippen molar-refractivity contribution in [3.8, 4) is 0 Å². The van der Waals surface area contributed by atoms with Crippen LogP contribution in [0, 0.1) is 6.92 Å². The van der Waals surface area contributed by atoms with Gasteiger partial charge in [-0.2, -0.15) is 0 Å². The van der Waals surface area contributed by atoms with Gasteiger partial charge in [0.25, 0.3) is 5.56 Å². The minimum absolute atomic E-state index is 0.0171. The molecule has 0 saturated carbocycles. The van der Waals surface area contributed by atoms with Gasteiger partial charge in [-0.1, -0.05) is 96.1 Å². The molecule has 1 aliphatic heterocycles.